The van der Waals surface area contributed by atoms with Gasteiger partial charge in [0.2, 0.25) is 5.91 Å². The Morgan fingerprint density at radius 2 is 2.33 bits per heavy atom. The molecule has 18 heavy (non-hydrogen) atoms. The van der Waals surface area contributed by atoms with Crippen molar-refractivity contribution in [2.24, 2.45) is 10.9 Å². The molecule has 1 saturated heterocycles. The van der Waals surface area contributed by atoms with E-state index < -0.39 is 0 Å². The molecule has 1 amide bonds. The Kier molecular flexibility index (Phi) is 5.35. The van der Waals surface area contributed by atoms with Gasteiger partial charge in [-0.05, 0) is 25.2 Å². The Morgan fingerprint density at radius 1 is 1.50 bits per heavy atom. The van der Waals surface area contributed by atoms with Gasteiger partial charge in [-0.1, -0.05) is 31.5 Å². The molecule has 0 aromatic heterocycles. The molecule has 2 unspecified atom stereocenters. The molecule has 1 aliphatic heterocycles. The number of rotatable bonds is 4. The first-order chi connectivity index (χ1) is 8.79. The Bertz CT molecular complexity index is 319. The Hall–Kier alpha value is -0.710. The van der Waals surface area contributed by atoms with Gasteiger partial charge in [-0.2, -0.15) is 0 Å². The van der Waals surface area contributed by atoms with Crippen molar-refractivity contribution in [2.75, 3.05) is 18.8 Å². The van der Waals surface area contributed by atoms with Crippen LogP contribution in [0.5, 0.6) is 0 Å². The first-order valence-electron chi connectivity index (χ1n) is 7.00. The highest BCUT2D eigenvalue weighted by atomic mass is 32.2. The van der Waals surface area contributed by atoms with Gasteiger partial charge < -0.3 is 10.6 Å². The van der Waals surface area contributed by atoms with E-state index in [0.29, 0.717) is 6.04 Å². The standard InChI is InChI=1S/C13H23N3OS/c1-2-7-14-12(17)8-15-13-16-11-6-4-3-5-10(11)9-18-13/h10-11H,2-9H2,1H3,(H,14,17)(H,15,16). The summed E-state index contributed by atoms with van der Waals surface area (Å²) in [6.45, 7) is 3.05. The quantitative estimate of drug-likeness (QED) is 0.818. The summed E-state index contributed by atoms with van der Waals surface area (Å²) in [5.74, 6) is 1.99. The molecule has 0 aromatic rings. The van der Waals surface area contributed by atoms with E-state index in [4.69, 9.17) is 0 Å². The van der Waals surface area contributed by atoms with E-state index in [1.54, 1.807) is 11.8 Å². The molecule has 5 heteroatoms. The maximum atomic E-state index is 11.5. The molecule has 0 bridgehead atoms. The van der Waals surface area contributed by atoms with Crippen molar-refractivity contribution in [3.05, 3.63) is 0 Å². The Morgan fingerprint density at radius 3 is 3.17 bits per heavy atom. The monoisotopic (exact) mass is 269 g/mol. The fourth-order valence-electron chi connectivity index (χ4n) is 2.54. The summed E-state index contributed by atoms with van der Waals surface area (Å²) in [6, 6.07) is 0.595. The van der Waals surface area contributed by atoms with Gasteiger partial charge in [0.1, 0.15) is 6.54 Å². The van der Waals surface area contributed by atoms with E-state index in [0.717, 1.165) is 29.8 Å². The van der Waals surface area contributed by atoms with Gasteiger partial charge in [-0.25, -0.2) is 0 Å². The third-order valence-electron chi connectivity index (χ3n) is 3.59. The molecule has 4 nitrogen and oxygen atoms in total. The lowest BCUT2D eigenvalue weighted by molar-refractivity contribution is -0.119. The minimum absolute atomic E-state index is 0.0255. The van der Waals surface area contributed by atoms with Crippen LogP contribution in [0, 0.1) is 5.92 Å². The predicted octanol–water partition coefficient (Wildman–Crippen LogP) is 1.76. The smallest absolute Gasteiger partial charge is 0.241 e. The van der Waals surface area contributed by atoms with Gasteiger partial charge in [-0.3, -0.25) is 9.79 Å². The minimum atomic E-state index is 0.0255. The SMILES string of the molecule is CCCNC(=O)CN=C1NC2CCCCC2CS1. The number of fused-ring (bicyclic) bond motifs is 1. The zero-order valence-electron chi connectivity index (χ0n) is 11.1. The maximum absolute atomic E-state index is 11.5. The molecule has 102 valence electrons. The van der Waals surface area contributed by atoms with Crippen LogP contribution in [-0.4, -0.2) is 36.0 Å². The molecule has 2 fully saturated rings. The number of nitrogens with zero attached hydrogens (tertiary/aromatic N) is 1. The van der Waals surface area contributed by atoms with Gasteiger partial charge in [0, 0.05) is 18.3 Å². The number of thioether (sulfide) groups is 1. The van der Waals surface area contributed by atoms with E-state index in [1.165, 1.54) is 25.7 Å². The topological polar surface area (TPSA) is 53.5 Å². The van der Waals surface area contributed by atoms with E-state index in [9.17, 15) is 4.79 Å². The molecule has 1 aliphatic carbocycles. The first kappa shape index (κ1) is 13.7. The highest BCUT2D eigenvalue weighted by Gasteiger charge is 2.30. The van der Waals surface area contributed by atoms with Crippen LogP contribution in [-0.2, 0) is 4.79 Å². The molecular weight excluding hydrogens is 246 g/mol. The lowest BCUT2D eigenvalue weighted by Gasteiger charge is -2.36. The lowest BCUT2D eigenvalue weighted by atomic mass is 9.86. The largest absolute Gasteiger partial charge is 0.362 e. The number of hydrogen-bond donors (Lipinski definition) is 2. The van der Waals surface area contributed by atoms with E-state index in [2.05, 4.69) is 15.6 Å². The van der Waals surface area contributed by atoms with Crippen LogP contribution in [0.25, 0.3) is 0 Å². The zero-order chi connectivity index (χ0) is 12.8. The van der Waals surface area contributed by atoms with Gasteiger partial charge in [0.25, 0.3) is 0 Å². The van der Waals surface area contributed by atoms with E-state index >= 15 is 0 Å². The molecule has 0 aromatic carbocycles. The molecule has 0 spiro atoms. The zero-order valence-corrected chi connectivity index (χ0v) is 11.9. The van der Waals surface area contributed by atoms with Crippen molar-refractivity contribution >= 4 is 22.8 Å². The van der Waals surface area contributed by atoms with Crippen LogP contribution in [0.4, 0.5) is 0 Å². The van der Waals surface area contributed by atoms with Gasteiger partial charge in [0.15, 0.2) is 5.17 Å². The average Bonchev–Trinajstić information content (AvgIpc) is 2.42. The predicted molar refractivity (Wildman–Crippen MR) is 76.9 cm³/mol. The van der Waals surface area contributed by atoms with Gasteiger partial charge in [-0.15, -0.1) is 0 Å². The number of amidine groups is 1. The second-order valence-electron chi connectivity index (χ2n) is 5.08. The van der Waals surface area contributed by atoms with Crippen molar-refractivity contribution in [3.63, 3.8) is 0 Å². The summed E-state index contributed by atoms with van der Waals surface area (Å²) in [6.07, 6.45) is 6.26. The van der Waals surface area contributed by atoms with Crippen molar-refractivity contribution in [1.29, 1.82) is 0 Å². The number of amides is 1. The van der Waals surface area contributed by atoms with Crippen LogP contribution in [0.1, 0.15) is 39.0 Å². The minimum Gasteiger partial charge on any atom is -0.362 e. The summed E-state index contributed by atoms with van der Waals surface area (Å²) in [5, 5.41) is 7.31. The van der Waals surface area contributed by atoms with Crippen LogP contribution in [0.3, 0.4) is 0 Å². The number of aliphatic imine (C=N–C) groups is 1. The molecule has 1 saturated carbocycles. The van der Waals surface area contributed by atoms with Crippen LogP contribution >= 0.6 is 11.8 Å². The summed E-state index contributed by atoms with van der Waals surface area (Å²) >= 11 is 1.77. The molecule has 2 atom stereocenters. The second-order valence-corrected chi connectivity index (χ2v) is 6.09. The number of carbonyl (C=O) groups is 1. The molecule has 2 rings (SSSR count). The van der Waals surface area contributed by atoms with Gasteiger partial charge in [0.05, 0.1) is 0 Å². The fraction of sp³-hybridized carbons (Fsp3) is 0.846. The highest BCUT2D eigenvalue weighted by Crippen LogP contribution is 2.31. The third-order valence-corrected chi connectivity index (χ3v) is 4.71. The van der Waals surface area contributed by atoms with Crippen molar-refractivity contribution in [3.8, 4) is 0 Å². The van der Waals surface area contributed by atoms with Crippen LogP contribution < -0.4 is 10.6 Å². The molecular formula is C13H23N3OS. The highest BCUT2D eigenvalue weighted by molar-refractivity contribution is 8.13. The first-order valence-corrected chi connectivity index (χ1v) is 7.98. The van der Waals surface area contributed by atoms with E-state index in [1.807, 2.05) is 6.92 Å². The average molecular weight is 269 g/mol. The second kappa shape index (κ2) is 7.02. The molecule has 1 heterocycles. The fourth-order valence-corrected chi connectivity index (χ4v) is 3.70. The summed E-state index contributed by atoms with van der Waals surface area (Å²) in [5.41, 5.74) is 0. The summed E-state index contributed by atoms with van der Waals surface area (Å²) in [7, 11) is 0. The number of carbonyl (C=O) groups excluding carboxylic acids is 1. The number of nitrogens with one attached hydrogen (secondary N) is 2. The number of hydrogen-bond acceptors (Lipinski definition) is 3. The normalized spacial score (nSPS) is 29.5. The third kappa shape index (κ3) is 3.90. The van der Waals surface area contributed by atoms with Crippen molar-refractivity contribution < 1.29 is 4.79 Å². The van der Waals surface area contributed by atoms with Crippen molar-refractivity contribution in [2.45, 2.75) is 45.1 Å². The summed E-state index contributed by atoms with van der Waals surface area (Å²) in [4.78, 5) is 15.9. The van der Waals surface area contributed by atoms with Crippen molar-refractivity contribution in [1.82, 2.24) is 10.6 Å². The van der Waals surface area contributed by atoms with Crippen LogP contribution in [0.2, 0.25) is 0 Å². The lowest BCUT2D eigenvalue weighted by Crippen LogP contribution is -2.46. The van der Waals surface area contributed by atoms with Gasteiger partial charge >= 0.3 is 0 Å². The molecule has 2 aliphatic rings. The summed E-state index contributed by atoms with van der Waals surface area (Å²) < 4.78 is 0. The Balaban J connectivity index is 1.77. The maximum Gasteiger partial charge on any atom is 0.241 e. The van der Waals surface area contributed by atoms with E-state index in [-0.39, 0.29) is 12.5 Å². The molecule has 2 N–H and O–H groups in total. The Labute approximate surface area is 113 Å². The van der Waals surface area contributed by atoms with Crippen LogP contribution in [0.15, 0.2) is 4.99 Å². The molecule has 0 radical (unpaired) electrons.